The molecule has 2 heterocycles. The Kier molecular flexibility index (Phi) is 8.87. The smallest absolute Gasteiger partial charge is 0.323 e. The van der Waals surface area contributed by atoms with Crippen molar-refractivity contribution in [3.63, 3.8) is 0 Å². The highest BCUT2D eigenvalue weighted by Gasteiger charge is 2.35. The van der Waals surface area contributed by atoms with Gasteiger partial charge in [-0.25, -0.2) is 4.79 Å². The molecule has 1 saturated carbocycles. The van der Waals surface area contributed by atoms with E-state index in [4.69, 9.17) is 11.6 Å². The van der Waals surface area contributed by atoms with Gasteiger partial charge in [0.25, 0.3) is 5.91 Å². The standard InChI is InChI=1S/C30H31ClN6O5/c31-22-6-8-23(9-7-22)33-30(42)35-25-16-20(28(40)34-24(17-27(38)39)21-2-1-11-32-18-21)5-10-26(25)36-12-14-37(15-13-36)29(41)19-3-4-19/h1-2,5-11,16,18-19,24H,3-4,12-15,17H2,(H,34,40)(H,38,39)(H2,33,35,42). The average molecular weight is 591 g/mol. The van der Waals surface area contributed by atoms with Crippen molar-refractivity contribution in [2.75, 3.05) is 41.7 Å². The summed E-state index contributed by atoms with van der Waals surface area (Å²) in [6, 6.07) is 13.7. The summed E-state index contributed by atoms with van der Waals surface area (Å²) in [7, 11) is 0. The van der Waals surface area contributed by atoms with E-state index in [1.54, 1.807) is 60.8 Å². The van der Waals surface area contributed by atoms with Crippen LogP contribution in [-0.2, 0) is 9.59 Å². The maximum Gasteiger partial charge on any atom is 0.323 e. The molecule has 1 atom stereocenters. The molecule has 1 aliphatic carbocycles. The summed E-state index contributed by atoms with van der Waals surface area (Å²) in [6.45, 7) is 2.27. The number of pyridine rings is 1. The highest BCUT2D eigenvalue weighted by molar-refractivity contribution is 6.30. The minimum absolute atomic E-state index is 0.153. The van der Waals surface area contributed by atoms with Crippen LogP contribution in [0.1, 0.15) is 41.2 Å². The predicted octanol–water partition coefficient (Wildman–Crippen LogP) is 4.38. The van der Waals surface area contributed by atoms with E-state index in [2.05, 4.69) is 25.8 Å². The summed E-state index contributed by atoms with van der Waals surface area (Å²) >= 11 is 5.95. The Morgan fingerprint density at radius 2 is 1.71 bits per heavy atom. The fraction of sp³-hybridized carbons (Fsp3) is 0.300. The number of nitrogens with one attached hydrogen (secondary N) is 3. The summed E-state index contributed by atoms with van der Waals surface area (Å²) < 4.78 is 0. The molecule has 2 aromatic carbocycles. The first-order valence-electron chi connectivity index (χ1n) is 13.7. The lowest BCUT2D eigenvalue weighted by molar-refractivity contribution is -0.137. The molecule has 11 nitrogen and oxygen atoms in total. The van der Waals surface area contributed by atoms with E-state index in [1.165, 1.54) is 6.20 Å². The maximum absolute atomic E-state index is 13.3. The van der Waals surface area contributed by atoms with Crippen molar-refractivity contribution in [2.24, 2.45) is 5.92 Å². The first-order valence-corrected chi connectivity index (χ1v) is 14.1. The number of aromatic nitrogens is 1. The van der Waals surface area contributed by atoms with Crippen LogP contribution in [-0.4, -0.2) is 65.0 Å². The van der Waals surface area contributed by atoms with E-state index in [1.807, 2.05) is 4.90 Å². The lowest BCUT2D eigenvalue weighted by Crippen LogP contribution is -2.49. The van der Waals surface area contributed by atoms with Crippen LogP contribution in [0.2, 0.25) is 5.02 Å². The number of aliphatic carboxylic acids is 1. The molecule has 4 N–H and O–H groups in total. The van der Waals surface area contributed by atoms with E-state index in [9.17, 15) is 24.3 Å². The van der Waals surface area contributed by atoms with E-state index in [0.717, 1.165) is 12.8 Å². The van der Waals surface area contributed by atoms with Crippen LogP contribution < -0.4 is 20.9 Å². The Balaban J connectivity index is 1.36. The molecule has 12 heteroatoms. The Morgan fingerprint density at radius 3 is 2.36 bits per heavy atom. The molecule has 0 bridgehead atoms. The molecule has 218 valence electrons. The van der Waals surface area contributed by atoms with Gasteiger partial charge in [0, 0.05) is 60.8 Å². The molecule has 1 saturated heterocycles. The molecule has 3 aromatic rings. The number of halogens is 1. The van der Waals surface area contributed by atoms with Gasteiger partial charge in [0.05, 0.1) is 23.8 Å². The minimum Gasteiger partial charge on any atom is -0.481 e. The maximum atomic E-state index is 13.3. The van der Waals surface area contributed by atoms with E-state index < -0.39 is 23.9 Å². The Bertz CT molecular complexity index is 1460. The number of carboxylic acid groups (broad SMARTS) is 1. The van der Waals surface area contributed by atoms with Gasteiger partial charge in [-0.05, 0) is 66.9 Å². The van der Waals surface area contributed by atoms with Crippen LogP contribution >= 0.6 is 11.6 Å². The molecule has 2 fully saturated rings. The van der Waals surface area contributed by atoms with Crippen LogP contribution in [0.3, 0.4) is 0 Å². The van der Waals surface area contributed by atoms with Crippen molar-refractivity contribution in [1.29, 1.82) is 0 Å². The van der Waals surface area contributed by atoms with E-state index >= 15 is 0 Å². The van der Waals surface area contributed by atoms with Gasteiger partial charge < -0.3 is 30.9 Å². The molecule has 0 spiro atoms. The highest BCUT2D eigenvalue weighted by Crippen LogP contribution is 2.33. The topological polar surface area (TPSA) is 144 Å². The summed E-state index contributed by atoms with van der Waals surface area (Å²) in [6.07, 6.45) is 4.66. The monoisotopic (exact) mass is 590 g/mol. The van der Waals surface area contributed by atoms with Gasteiger partial charge in [0.1, 0.15) is 0 Å². The van der Waals surface area contributed by atoms with Gasteiger partial charge in [-0.15, -0.1) is 0 Å². The van der Waals surface area contributed by atoms with E-state index in [0.29, 0.717) is 53.8 Å². The second kappa shape index (κ2) is 12.9. The normalized spacial score (nSPS) is 15.5. The molecule has 42 heavy (non-hydrogen) atoms. The molecule has 1 unspecified atom stereocenters. The highest BCUT2D eigenvalue weighted by atomic mass is 35.5. The van der Waals surface area contributed by atoms with Gasteiger partial charge in [-0.1, -0.05) is 17.7 Å². The number of anilines is 3. The van der Waals surface area contributed by atoms with Gasteiger partial charge in [0.2, 0.25) is 5.91 Å². The van der Waals surface area contributed by atoms with Crippen LogP contribution in [0.4, 0.5) is 21.9 Å². The largest absolute Gasteiger partial charge is 0.481 e. The van der Waals surface area contributed by atoms with Crippen molar-refractivity contribution in [3.05, 3.63) is 83.1 Å². The van der Waals surface area contributed by atoms with Crippen LogP contribution in [0.5, 0.6) is 0 Å². The first kappa shape index (κ1) is 28.9. The predicted molar refractivity (Wildman–Crippen MR) is 159 cm³/mol. The van der Waals surface area contributed by atoms with Crippen molar-refractivity contribution < 1.29 is 24.3 Å². The van der Waals surface area contributed by atoms with Gasteiger partial charge >= 0.3 is 12.0 Å². The Labute approximate surface area is 247 Å². The fourth-order valence-corrected chi connectivity index (χ4v) is 5.00. The summed E-state index contributed by atoms with van der Waals surface area (Å²) in [4.78, 5) is 58.3. The Morgan fingerprint density at radius 1 is 0.976 bits per heavy atom. The fourth-order valence-electron chi connectivity index (χ4n) is 4.88. The van der Waals surface area contributed by atoms with Crippen molar-refractivity contribution in [2.45, 2.75) is 25.3 Å². The SMILES string of the molecule is O=C(O)CC(NC(=O)c1ccc(N2CCN(C(=O)C3CC3)CC2)c(NC(=O)Nc2ccc(Cl)cc2)c1)c1cccnc1. The molecule has 2 aliphatic rings. The minimum atomic E-state index is -1.07. The first-order chi connectivity index (χ1) is 20.3. The molecule has 5 rings (SSSR count). The van der Waals surface area contributed by atoms with Gasteiger partial charge in [-0.3, -0.25) is 19.4 Å². The molecule has 4 amide bonds. The number of carboxylic acids is 1. The Hall–Kier alpha value is -4.64. The van der Waals surface area contributed by atoms with Crippen molar-refractivity contribution in [3.8, 4) is 0 Å². The number of benzene rings is 2. The number of hydrogen-bond donors (Lipinski definition) is 4. The second-order valence-corrected chi connectivity index (χ2v) is 10.8. The zero-order valence-corrected chi connectivity index (χ0v) is 23.5. The summed E-state index contributed by atoms with van der Waals surface area (Å²) in [5, 5.41) is 18.3. The van der Waals surface area contributed by atoms with Crippen LogP contribution in [0.15, 0.2) is 67.0 Å². The lowest BCUT2D eigenvalue weighted by atomic mass is 10.0. The van der Waals surface area contributed by atoms with E-state index in [-0.39, 0.29) is 23.8 Å². The number of carbonyl (C=O) groups is 4. The van der Waals surface area contributed by atoms with Crippen molar-refractivity contribution >= 4 is 52.5 Å². The van der Waals surface area contributed by atoms with Crippen molar-refractivity contribution in [1.82, 2.24) is 15.2 Å². The molecular formula is C30H31ClN6O5. The molecule has 1 aliphatic heterocycles. The molecule has 0 radical (unpaired) electrons. The van der Waals surface area contributed by atoms with Crippen LogP contribution in [0.25, 0.3) is 0 Å². The third-order valence-corrected chi connectivity index (χ3v) is 7.49. The van der Waals surface area contributed by atoms with Gasteiger partial charge in [0.15, 0.2) is 0 Å². The second-order valence-electron chi connectivity index (χ2n) is 10.3. The van der Waals surface area contributed by atoms with Crippen LogP contribution in [0, 0.1) is 5.92 Å². The number of nitrogens with zero attached hydrogens (tertiary/aromatic N) is 3. The zero-order valence-electron chi connectivity index (χ0n) is 22.8. The number of rotatable bonds is 9. The number of hydrogen-bond acceptors (Lipinski definition) is 6. The summed E-state index contributed by atoms with van der Waals surface area (Å²) in [5.74, 6) is -1.22. The molecular weight excluding hydrogens is 560 g/mol. The zero-order chi connectivity index (χ0) is 29.6. The lowest BCUT2D eigenvalue weighted by Gasteiger charge is -2.37. The third kappa shape index (κ3) is 7.35. The number of urea groups is 1. The molecule has 1 aromatic heterocycles. The third-order valence-electron chi connectivity index (χ3n) is 7.24. The quantitative estimate of drug-likeness (QED) is 0.289. The summed E-state index contributed by atoms with van der Waals surface area (Å²) in [5.41, 5.74) is 2.43. The number of carbonyl (C=O) groups excluding carboxylic acids is 3. The van der Waals surface area contributed by atoms with Gasteiger partial charge in [-0.2, -0.15) is 0 Å². The number of amides is 4. The number of piperazine rings is 1. The average Bonchev–Trinajstić information content (AvgIpc) is 3.84.